The number of benzene rings is 2. The molecule has 2 heterocycles. The van der Waals surface area contributed by atoms with Crippen LogP contribution in [0.3, 0.4) is 0 Å². The summed E-state index contributed by atoms with van der Waals surface area (Å²) < 4.78 is 6.13. The maximum atomic E-state index is 12.9. The normalized spacial score (nSPS) is 22.9. The number of carbonyl (C=O) groups excluding carboxylic acids is 2. The number of nitrogens with one attached hydrogen (secondary N) is 1. The largest absolute Gasteiger partial charge is 0.446 e. The Morgan fingerprint density at radius 1 is 1.03 bits per heavy atom. The fourth-order valence-electron chi connectivity index (χ4n) is 5.08. The number of ether oxygens (including phenoxy) is 1. The van der Waals surface area contributed by atoms with Crippen LogP contribution in [0.5, 0.6) is 0 Å². The van der Waals surface area contributed by atoms with Gasteiger partial charge in [0.15, 0.2) is 5.60 Å². The van der Waals surface area contributed by atoms with Crippen molar-refractivity contribution in [3.63, 3.8) is 0 Å². The molecule has 5 heteroatoms. The van der Waals surface area contributed by atoms with E-state index in [0.29, 0.717) is 26.1 Å². The van der Waals surface area contributed by atoms with Crippen LogP contribution in [0.1, 0.15) is 42.4 Å². The van der Waals surface area contributed by atoms with Gasteiger partial charge < -0.3 is 15.0 Å². The molecule has 0 aromatic heterocycles. The van der Waals surface area contributed by atoms with Crippen LogP contribution in [-0.4, -0.2) is 30.0 Å². The van der Waals surface area contributed by atoms with Gasteiger partial charge >= 0.3 is 12.0 Å². The fourth-order valence-corrected chi connectivity index (χ4v) is 5.08. The number of amides is 2. The standard InChI is InChI=1S/C25H26N2O3/c28-23-20-13-15-27(24(29)26-16-18-8-2-1-3-9-18)17-22(20)25(30-23)14-7-6-11-19-10-4-5-12-21(19)25/h1-5,8-10,12H,6-7,11,13-17H2,(H,26,29). The van der Waals surface area contributed by atoms with Gasteiger partial charge in [-0.1, -0.05) is 54.6 Å². The minimum atomic E-state index is -0.710. The zero-order valence-electron chi connectivity index (χ0n) is 17.0. The number of esters is 1. The first-order chi connectivity index (χ1) is 14.7. The summed E-state index contributed by atoms with van der Waals surface area (Å²) in [5.74, 6) is -0.203. The summed E-state index contributed by atoms with van der Waals surface area (Å²) in [6, 6.07) is 18.1. The Bertz CT molecular complexity index is 1010. The molecule has 2 aromatic carbocycles. The number of rotatable bonds is 2. The average molecular weight is 402 g/mol. The zero-order chi connectivity index (χ0) is 20.6. The van der Waals surface area contributed by atoms with E-state index in [1.54, 1.807) is 0 Å². The van der Waals surface area contributed by atoms with Crippen LogP contribution in [0.4, 0.5) is 4.79 Å². The van der Waals surface area contributed by atoms with E-state index in [1.807, 2.05) is 47.4 Å². The van der Waals surface area contributed by atoms with E-state index in [9.17, 15) is 9.59 Å². The van der Waals surface area contributed by atoms with Gasteiger partial charge in [0.25, 0.3) is 0 Å². The first-order valence-electron chi connectivity index (χ1n) is 10.8. The third-order valence-electron chi connectivity index (χ3n) is 6.60. The Kier molecular flexibility index (Phi) is 4.81. The molecule has 1 unspecified atom stereocenters. The van der Waals surface area contributed by atoms with Crippen molar-refractivity contribution in [2.24, 2.45) is 0 Å². The molecular weight excluding hydrogens is 376 g/mol. The van der Waals surface area contributed by atoms with Crippen LogP contribution in [0, 0.1) is 0 Å². The lowest BCUT2D eigenvalue weighted by atomic mass is 9.79. The highest BCUT2D eigenvalue weighted by Crippen LogP contribution is 2.50. The molecule has 2 aromatic rings. The van der Waals surface area contributed by atoms with Crippen LogP contribution < -0.4 is 5.32 Å². The average Bonchev–Trinajstić information content (AvgIpc) is 2.94. The molecule has 2 aliphatic heterocycles. The minimum absolute atomic E-state index is 0.0955. The SMILES string of the molecule is O=C1OC2(CCCCc3ccccc32)C2=C1CCN(C(=O)NCc1ccccc1)C2. The van der Waals surface area contributed by atoms with E-state index in [0.717, 1.165) is 48.0 Å². The topological polar surface area (TPSA) is 58.6 Å². The third-order valence-corrected chi connectivity index (χ3v) is 6.60. The van der Waals surface area contributed by atoms with E-state index in [4.69, 9.17) is 4.74 Å². The van der Waals surface area contributed by atoms with Crippen LogP contribution in [0.25, 0.3) is 0 Å². The summed E-state index contributed by atoms with van der Waals surface area (Å²) in [5, 5.41) is 3.02. The number of hydrogen-bond acceptors (Lipinski definition) is 3. The summed E-state index contributed by atoms with van der Waals surface area (Å²) in [4.78, 5) is 27.5. The van der Waals surface area contributed by atoms with Gasteiger partial charge in [-0.15, -0.1) is 0 Å². The van der Waals surface area contributed by atoms with Gasteiger partial charge in [-0.2, -0.15) is 0 Å². The second-order valence-corrected chi connectivity index (χ2v) is 8.35. The molecule has 1 aliphatic carbocycles. The predicted octanol–water partition coefficient (Wildman–Crippen LogP) is 4.08. The van der Waals surface area contributed by atoms with Gasteiger partial charge in [0, 0.05) is 36.3 Å². The maximum absolute atomic E-state index is 12.9. The summed E-state index contributed by atoms with van der Waals surface area (Å²) >= 11 is 0. The predicted molar refractivity (Wildman–Crippen MR) is 114 cm³/mol. The van der Waals surface area contributed by atoms with Crippen molar-refractivity contribution < 1.29 is 14.3 Å². The molecule has 3 aliphatic rings. The molecule has 1 atom stereocenters. The van der Waals surface area contributed by atoms with Gasteiger partial charge in [0.1, 0.15) is 0 Å². The number of hydrogen-bond donors (Lipinski definition) is 1. The molecule has 2 amide bonds. The van der Waals surface area contributed by atoms with Crippen molar-refractivity contribution in [1.82, 2.24) is 10.2 Å². The van der Waals surface area contributed by atoms with E-state index in [1.165, 1.54) is 5.56 Å². The van der Waals surface area contributed by atoms with Crippen LogP contribution >= 0.6 is 0 Å². The fraction of sp³-hybridized carbons (Fsp3) is 0.360. The number of aryl methyl sites for hydroxylation is 1. The Morgan fingerprint density at radius 2 is 1.83 bits per heavy atom. The van der Waals surface area contributed by atoms with Crippen LogP contribution in [0.2, 0.25) is 0 Å². The molecule has 5 rings (SSSR count). The van der Waals surface area contributed by atoms with Crippen molar-refractivity contribution in [1.29, 1.82) is 0 Å². The van der Waals surface area contributed by atoms with Gasteiger partial charge in [0.05, 0.1) is 0 Å². The number of nitrogens with zero attached hydrogens (tertiary/aromatic N) is 1. The van der Waals surface area contributed by atoms with Crippen molar-refractivity contribution in [3.05, 3.63) is 82.4 Å². The molecule has 30 heavy (non-hydrogen) atoms. The molecular formula is C25H26N2O3. The summed E-state index contributed by atoms with van der Waals surface area (Å²) in [5.41, 5.74) is 4.48. The maximum Gasteiger partial charge on any atom is 0.335 e. The van der Waals surface area contributed by atoms with Gasteiger partial charge in [-0.3, -0.25) is 0 Å². The first kappa shape index (κ1) is 18.9. The molecule has 154 valence electrons. The second kappa shape index (κ2) is 7.63. The molecule has 1 spiro atoms. The van der Waals surface area contributed by atoms with Crippen molar-refractivity contribution in [2.75, 3.05) is 13.1 Å². The Hall–Kier alpha value is -3.08. The molecule has 5 nitrogen and oxygen atoms in total. The van der Waals surface area contributed by atoms with Crippen molar-refractivity contribution in [3.8, 4) is 0 Å². The minimum Gasteiger partial charge on any atom is -0.446 e. The quantitative estimate of drug-likeness (QED) is 0.770. The lowest BCUT2D eigenvalue weighted by Gasteiger charge is -2.36. The summed E-state index contributed by atoms with van der Waals surface area (Å²) in [6.45, 7) is 1.47. The first-order valence-corrected chi connectivity index (χ1v) is 10.8. The molecule has 0 fully saturated rings. The zero-order valence-corrected chi connectivity index (χ0v) is 17.0. The lowest BCUT2D eigenvalue weighted by Crippen LogP contribution is -2.45. The van der Waals surface area contributed by atoms with E-state index < -0.39 is 5.60 Å². The van der Waals surface area contributed by atoms with Gasteiger partial charge in [-0.25, -0.2) is 9.59 Å². The van der Waals surface area contributed by atoms with Crippen molar-refractivity contribution in [2.45, 2.75) is 44.2 Å². The molecule has 0 saturated carbocycles. The highest BCUT2D eigenvalue weighted by atomic mass is 16.6. The van der Waals surface area contributed by atoms with Crippen LogP contribution in [0.15, 0.2) is 65.7 Å². The molecule has 1 N–H and O–H groups in total. The molecule has 0 bridgehead atoms. The summed E-state index contributed by atoms with van der Waals surface area (Å²) in [6.07, 6.45) is 4.42. The van der Waals surface area contributed by atoms with Crippen LogP contribution in [-0.2, 0) is 28.1 Å². The summed E-state index contributed by atoms with van der Waals surface area (Å²) in [7, 11) is 0. The smallest absolute Gasteiger partial charge is 0.335 e. The number of urea groups is 1. The van der Waals surface area contributed by atoms with E-state index >= 15 is 0 Å². The van der Waals surface area contributed by atoms with Crippen molar-refractivity contribution >= 4 is 12.0 Å². The van der Waals surface area contributed by atoms with E-state index in [-0.39, 0.29) is 12.0 Å². The lowest BCUT2D eigenvalue weighted by molar-refractivity contribution is -0.148. The highest BCUT2D eigenvalue weighted by molar-refractivity contribution is 5.94. The Labute approximate surface area is 176 Å². The second-order valence-electron chi connectivity index (χ2n) is 8.35. The third kappa shape index (κ3) is 3.18. The Morgan fingerprint density at radius 3 is 2.70 bits per heavy atom. The van der Waals surface area contributed by atoms with E-state index in [2.05, 4.69) is 17.4 Å². The molecule has 0 radical (unpaired) electrons. The number of carbonyl (C=O) groups is 2. The van der Waals surface area contributed by atoms with Gasteiger partial charge in [-0.05, 0) is 43.2 Å². The van der Waals surface area contributed by atoms with Gasteiger partial charge in [0.2, 0.25) is 0 Å². The molecule has 0 saturated heterocycles. The monoisotopic (exact) mass is 402 g/mol. The highest BCUT2D eigenvalue weighted by Gasteiger charge is 2.51. The number of fused-ring (bicyclic) bond motifs is 3. The Balaban J connectivity index is 1.41.